The van der Waals surface area contributed by atoms with Gasteiger partial charge in [-0.15, -0.1) is 0 Å². The van der Waals surface area contributed by atoms with Crippen LogP contribution in [0.3, 0.4) is 0 Å². The van der Waals surface area contributed by atoms with E-state index in [1.165, 1.54) is 15.6 Å². The SMILES string of the molecule is Cc1c(Br)cccc1CN(C)CC=CC#CC(C)(C)C. The number of benzene rings is 1. The van der Waals surface area contributed by atoms with Gasteiger partial charge in [0.25, 0.3) is 0 Å². The topological polar surface area (TPSA) is 3.24 Å². The number of allylic oxidation sites excluding steroid dienone is 1. The summed E-state index contributed by atoms with van der Waals surface area (Å²) in [4.78, 5) is 2.28. The van der Waals surface area contributed by atoms with Crippen LogP contribution in [0.2, 0.25) is 0 Å². The molecule has 1 rings (SSSR count). The summed E-state index contributed by atoms with van der Waals surface area (Å²) < 4.78 is 1.18. The minimum atomic E-state index is 0.0731. The summed E-state index contributed by atoms with van der Waals surface area (Å²) in [7, 11) is 2.13. The van der Waals surface area contributed by atoms with Gasteiger partial charge < -0.3 is 0 Å². The first-order chi connectivity index (χ1) is 9.29. The van der Waals surface area contributed by atoms with E-state index < -0.39 is 0 Å². The van der Waals surface area contributed by atoms with Crippen LogP contribution in [0, 0.1) is 24.2 Å². The molecule has 0 spiro atoms. The van der Waals surface area contributed by atoms with E-state index in [4.69, 9.17) is 0 Å². The number of rotatable bonds is 4. The van der Waals surface area contributed by atoms with Gasteiger partial charge in [0, 0.05) is 23.0 Å². The standard InChI is InChI=1S/C18H24BrN/c1-15-16(10-9-11-17(15)19)14-20(5)13-8-6-7-12-18(2,3)4/h6,8-11H,13-14H2,1-5H3. The molecule has 1 aromatic rings. The molecular weight excluding hydrogens is 310 g/mol. The van der Waals surface area contributed by atoms with E-state index in [0.717, 1.165) is 13.1 Å². The molecule has 108 valence electrons. The molecule has 0 saturated heterocycles. The van der Waals surface area contributed by atoms with Gasteiger partial charge in [0.2, 0.25) is 0 Å². The monoisotopic (exact) mass is 333 g/mol. The highest BCUT2D eigenvalue weighted by atomic mass is 79.9. The zero-order valence-corrected chi connectivity index (χ0v) is 14.7. The Morgan fingerprint density at radius 2 is 2.00 bits per heavy atom. The summed E-state index contributed by atoms with van der Waals surface area (Å²) in [6, 6.07) is 6.35. The molecule has 1 aromatic carbocycles. The van der Waals surface area contributed by atoms with Crippen LogP contribution in [-0.2, 0) is 6.54 Å². The van der Waals surface area contributed by atoms with Crippen molar-refractivity contribution in [2.24, 2.45) is 5.41 Å². The van der Waals surface area contributed by atoms with E-state index in [9.17, 15) is 0 Å². The summed E-state index contributed by atoms with van der Waals surface area (Å²) in [6.45, 7) is 10.4. The van der Waals surface area contributed by atoms with Gasteiger partial charge in [0.05, 0.1) is 0 Å². The van der Waals surface area contributed by atoms with Crippen LogP contribution in [0.15, 0.2) is 34.8 Å². The average Bonchev–Trinajstić information content (AvgIpc) is 2.33. The second-order valence-electron chi connectivity index (χ2n) is 6.14. The van der Waals surface area contributed by atoms with Crippen LogP contribution in [0.1, 0.15) is 31.9 Å². The first kappa shape index (κ1) is 17.0. The van der Waals surface area contributed by atoms with Crippen LogP contribution >= 0.6 is 15.9 Å². The third kappa shape index (κ3) is 6.41. The Kier molecular flexibility index (Phi) is 6.52. The van der Waals surface area contributed by atoms with Crippen LogP contribution in [0.5, 0.6) is 0 Å². The molecule has 0 bridgehead atoms. The fourth-order valence-electron chi connectivity index (χ4n) is 1.73. The summed E-state index contributed by atoms with van der Waals surface area (Å²) in [5.74, 6) is 6.30. The normalized spacial score (nSPS) is 11.8. The Balaban J connectivity index is 2.52. The Bertz CT molecular complexity index is 527. The number of hydrogen-bond acceptors (Lipinski definition) is 1. The molecule has 0 fully saturated rings. The van der Waals surface area contributed by atoms with E-state index in [1.54, 1.807) is 0 Å². The second kappa shape index (κ2) is 7.67. The molecule has 2 heteroatoms. The number of likely N-dealkylation sites (N-methyl/N-ethyl adjacent to an activating group) is 1. The number of hydrogen-bond donors (Lipinski definition) is 0. The smallest absolute Gasteiger partial charge is 0.0237 e. The summed E-state index contributed by atoms with van der Waals surface area (Å²) in [5, 5.41) is 0. The molecule has 0 aromatic heterocycles. The highest BCUT2D eigenvalue weighted by molar-refractivity contribution is 9.10. The minimum absolute atomic E-state index is 0.0731. The predicted molar refractivity (Wildman–Crippen MR) is 91.6 cm³/mol. The highest BCUT2D eigenvalue weighted by Crippen LogP contribution is 2.20. The quantitative estimate of drug-likeness (QED) is 0.715. The Morgan fingerprint density at radius 1 is 1.30 bits per heavy atom. The maximum atomic E-state index is 3.58. The third-order valence-electron chi connectivity index (χ3n) is 2.89. The van der Waals surface area contributed by atoms with Crippen LogP contribution < -0.4 is 0 Å². The zero-order valence-electron chi connectivity index (χ0n) is 13.1. The van der Waals surface area contributed by atoms with E-state index in [-0.39, 0.29) is 5.41 Å². The van der Waals surface area contributed by atoms with Gasteiger partial charge in [-0.1, -0.05) is 46.0 Å². The van der Waals surface area contributed by atoms with Crippen molar-refractivity contribution < 1.29 is 0 Å². The lowest BCUT2D eigenvalue weighted by atomic mass is 9.98. The predicted octanol–water partition coefficient (Wildman–Crippen LogP) is 4.80. The van der Waals surface area contributed by atoms with Gasteiger partial charge in [0.15, 0.2) is 0 Å². The summed E-state index contributed by atoms with van der Waals surface area (Å²) in [5.41, 5.74) is 2.75. The molecule has 0 heterocycles. The van der Waals surface area contributed by atoms with E-state index in [1.807, 2.05) is 6.08 Å². The van der Waals surface area contributed by atoms with E-state index in [2.05, 4.69) is 91.7 Å². The maximum absolute atomic E-state index is 3.58. The fourth-order valence-corrected chi connectivity index (χ4v) is 2.14. The van der Waals surface area contributed by atoms with E-state index in [0.29, 0.717) is 0 Å². The molecule has 0 atom stereocenters. The molecule has 0 aliphatic rings. The largest absolute Gasteiger partial charge is 0.298 e. The third-order valence-corrected chi connectivity index (χ3v) is 3.74. The molecular formula is C18H24BrN. The number of halogens is 1. The van der Waals surface area contributed by atoms with Crippen LogP contribution in [0.25, 0.3) is 0 Å². The maximum Gasteiger partial charge on any atom is 0.0237 e. The highest BCUT2D eigenvalue weighted by Gasteiger charge is 2.04. The van der Waals surface area contributed by atoms with Crippen molar-refractivity contribution in [2.45, 2.75) is 34.2 Å². The molecule has 0 radical (unpaired) electrons. The van der Waals surface area contributed by atoms with Gasteiger partial charge in [0.1, 0.15) is 0 Å². The Labute approximate surface area is 132 Å². The molecule has 1 nitrogen and oxygen atoms in total. The van der Waals surface area contributed by atoms with E-state index >= 15 is 0 Å². The summed E-state index contributed by atoms with van der Waals surface area (Å²) in [6.07, 6.45) is 4.07. The van der Waals surface area contributed by atoms with Crippen molar-refractivity contribution >= 4 is 15.9 Å². The van der Waals surface area contributed by atoms with Gasteiger partial charge in [-0.25, -0.2) is 0 Å². The molecule has 0 aliphatic carbocycles. The van der Waals surface area contributed by atoms with Crippen molar-refractivity contribution in [3.63, 3.8) is 0 Å². The van der Waals surface area contributed by atoms with Gasteiger partial charge in [-0.05, 0) is 58.0 Å². The Morgan fingerprint density at radius 3 is 2.65 bits per heavy atom. The van der Waals surface area contributed by atoms with Crippen molar-refractivity contribution in [2.75, 3.05) is 13.6 Å². The lowest BCUT2D eigenvalue weighted by Crippen LogP contribution is -2.18. The Hall–Kier alpha value is -1.04. The molecule has 0 aliphatic heterocycles. The first-order valence-corrected chi connectivity index (χ1v) is 7.69. The first-order valence-electron chi connectivity index (χ1n) is 6.90. The average molecular weight is 334 g/mol. The molecule has 20 heavy (non-hydrogen) atoms. The molecule has 0 N–H and O–H groups in total. The van der Waals surface area contributed by atoms with Crippen LogP contribution in [0.4, 0.5) is 0 Å². The van der Waals surface area contributed by atoms with Crippen molar-refractivity contribution in [3.8, 4) is 11.8 Å². The molecule has 0 saturated carbocycles. The zero-order chi connectivity index (χ0) is 15.2. The minimum Gasteiger partial charge on any atom is -0.298 e. The van der Waals surface area contributed by atoms with Gasteiger partial charge >= 0.3 is 0 Å². The van der Waals surface area contributed by atoms with Crippen molar-refractivity contribution in [1.29, 1.82) is 0 Å². The lowest BCUT2D eigenvalue weighted by molar-refractivity contribution is 0.362. The van der Waals surface area contributed by atoms with Gasteiger partial charge in [-0.2, -0.15) is 0 Å². The van der Waals surface area contributed by atoms with Crippen molar-refractivity contribution in [3.05, 3.63) is 46.0 Å². The fraction of sp³-hybridized carbons (Fsp3) is 0.444. The number of nitrogens with zero attached hydrogens (tertiary/aromatic N) is 1. The molecule has 0 amide bonds. The van der Waals surface area contributed by atoms with Crippen LogP contribution in [-0.4, -0.2) is 18.5 Å². The van der Waals surface area contributed by atoms with Gasteiger partial charge in [-0.3, -0.25) is 4.90 Å². The van der Waals surface area contributed by atoms with Crippen molar-refractivity contribution in [1.82, 2.24) is 4.90 Å². The summed E-state index contributed by atoms with van der Waals surface area (Å²) >= 11 is 3.58. The molecule has 0 unspecified atom stereocenters. The second-order valence-corrected chi connectivity index (χ2v) is 7.00. The lowest BCUT2D eigenvalue weighted by Gasteiger charge is -2.16.